The molecule has 2 saturated heterocycles. The van der Waals surface area contributed by atoms with E-state index >= 15 is 0 Å². The first-order valence-electron chi connectivity index (χ1n) is 15.6. The maximum absolute atomic E-state index is 13.7. The van der Waals surface area contributed by atoms with E-state index in [0.717, 1.165) is 62.3 Å². The van der Waals surface area contributed by atoms with Crippen LogP contribution in [0, 0.1) is 29.6 Å². The number of urea groups is 1. The third-order valence-electron chi connectivity index (χ3n) is 11.2. The number of rotatable bonds is 4. The van der Waals surface area contributed by atoms with Crippen molar-refractivity contribution in [3.63, 3.8) is 0 Å². The Bertz CT molecular complexity index is 1470. The van der Waals surface area contributed by atoms with Crippen molar-refractivity contribution in [2.45, 2.75) is 43.7 Å². The first-order valence-corrected chi connectivity index (χ1v) is 17.5. The second-order valence-electron chi connectivity index (χ2n) is 14.0. The zero-order valence-electron chi connectivity index (χ0n) is 24.2. The predicted octanol–water partition coefficient (Wildman–Crippen LogP) is 3.62. The van der Waals surface area contributed by atoms with Gasteiger partial charge in [-0.25, -0.2) is 17.5 Å². The van der Waals surface area contributed by atoms with E-state index in [1.165, 1.54) is 11.9 Å². The summed E-state index contributed by atoms with van der Waals surface area (Å²) in [5.41, 5.74) is 3.73. The number of hydrogen-bond acceptors (Lipinski definition) is 6. The van der Waals surface area contributed by atoms with Gasteiger partial charge in [-0.05, 0) is 98.1 Å². The van der Waals surface area contributed by atoms with E-state index in [1.807, 2.05) is 23.1 Å². The monoisotopic (exact) mass is 591 g/mol. The van der Waals surface area contributed by atoms with Gasteiger partial charge in [0.2, 0.25) is 10.0 Å². The fourth-order valence-corrected chi connectivity index (χ4v) is 10.5. The minimum absolute atomic E-state index is 0.0177. The molecule has 224 valence electrons. The Labute approximate surface area is 248 Å². The first-order chi connectivity index (χ1) is 20.1. The van der Waals surface area contributed by atoms with Crippen molar-refractivity contribution in [3.8, 4) is 0 Å². The maximum atomic E-state index is 13.7. The molecule has 2 unspecified atom stereocenters. The summed E-state index contributed by atoms with van der Waals surface area (Å²) in [6.45, 7) is 4.32. The molecule has 3 aliphatic heterocycles. The van der Waals surface area contributed by atoms with Crippen LogP contribution in [0.5, 0.6) is 0 Å². The van der Waals surface area contributed by atoms with E-state index < -0.39 is 15.6 Å². The SMILES string of the molecule is CS(=O)(=O)N1C[C@H]2CN(c3ccc(N4CCN(C(=O)NC5C6CC7CC5CC(O)(C7)C6)c5ccccc54)cc3)C[C@@H]2C1. The van der Waals surface area contributed by atoms with E-state index in [0.29, 0.717) is 55.8 Å². The molecule has 4 atom stereocenters. The van der Waals surface area contributed by atoms with Gasteiger partial charge in [-0.2, -0.15) is 0 Å². The number of amides is 2. The number of para-hydroxylation sites is 2. The number of fused-ring (bicyclic) bond motifs is 2. The molecule has 10 heteroatoms. The van der Waals surface area contributed by atoms with Crippen LogP contribution in [0.15, 0.2) is 48.5 Å². The van der Waals surface area contributed by atoms with Gasteiger partial charge < -0.3 is 20.2 Å². The summed E-state index contributed by atoms with van der Waals surface area (Å²) in [7, 11) is -3.12. The lowest BCUT2D eigenvalue weighted by atomic mass is 9.52. The first kappa shape index (κ1) is 26.8. The third-order valence-corrected chi connectivity index (χ3v) is 12.5. The number of sulfonamides is 1. The number of aliphatic hydroxyl groups is 1. The molecule has 3 heterocycles. The van der Waals surface area contributed by atoms with Crippen LogP contribution in [0.3, 0.4) is 0 Å². The Morgan fingerprint density at radius 1 is 0.833 bits per heavy atom. The molecular formula is C32H41N5O4S. The van der Waals surface area contributed by atoms with E-state index in [2.05, 4.69) is 45.4 Å². The summed E-state index contributed by atoms with van der Waals surface area (Å²) in [5, 5.41) is 14.4. The predicted molar refractivity (Wildman–Crippen MR) is 164 cm³/mol. The van der Waals surface area contributed by atoms with Crippen molar-refractivity contribution in [1.29, 1.82) is 0 Å². The van der Waals surface area contributed by atoms with Crippen molar-refractivity contribution in [2.24, 2.45) is 29.6 Å². The number of nitrogens with zero attached hydrogens (tertiary/aromatic N) is 4. The molecule has 6 fully saturated rings. The lowest BCUT2D eigenvalue weighted by Gasteiger charge is -2.58. The highest BCUT2D eigenvalue weighted by molar-refractivity contribution is 7.88. The molecule has 2 aromatic carbocycles. The smallest absolute Gasteiger partial charge is 0.322 e. The van der Waals surface area contributed by atoms with Crippen molar-refractivity contribution in [3.05, 3.63) is 48.5 Å². The number of carbonyl (C=O) groups is 1. The molecule has 2 N–H and O–H groups in total. The van der Waals surface area contributed by atoms with E-state index in [9.17, 15) is 18.3 Å². The van der Waals surface area contributed by atoms with Crippen molar-refractivity contribution in [2.75, 3.05) is 60.2 Å². The van der Waals surface area contributed by atoms with Crippen LogP contribution in [-0.2, 0) is 10.0 Å². The number of anilines is 4. The van der Waals surface area contributed by atoms with Gasteiger partial charge in [-0.15, -0.1) is 0 Å². The molecule has 9 rings (SSSR count). The highest BCUT2D eigenvalue weighted by Crippen LogP contribution is 2.55. The molecule has 0 aromatic heterocycles. The molecular weight excluding hydrogens is 550 g/mol. The summed E-state index contributed by atoms with van der Waals surface area (Å²) >= 11 is 0. The van der Waals surface area contributed by atoms with Crippen molar-refractivity contribution in [1.82, 2.24) is 9.62 Å². The van der Waals surface area contributed by atoms with Crippen molar-refractivity contribution < 1.29 is 18.3 Å². The summed E-state index contributed by atoms with van der Waals surface area (Å²) in [5.74, 6) is 2.15. The summed E-state index contributed by atoms with van der Waals surface area (Å²) in [6.07, 6.45) is 6.15. The van der Waals surface area contributed by atoms with Crippen molar-refractivity contribution >= 4 is 38.8 Å². The minimum Gasteiger partial charge on any atom is -0.390 e. The molecule has 2 aromatic rings. The number of carbonyl (C=O) groups excluding carboxylic acids is 1. The Balaban J connectivity index is 0.956. The van der Waals surface area contributed by atoms with E-state index in [-0.39, 0.29) is 12.1 Å². The highest BCUT2D eigenvalue weighted by atomic mass is 32.2. The molecule has 4 aliphatic carbocycles. The maximum Gasteiger partial charge on any atom is 0.322 e. The lowest BCUT2D eigenvalue weighted by Crippen LogP contribution is -2.63. The minimum atomic E-state index is -3.12. The Morgan fingerprint density at radius 2 is 1.45 bits per heavy atom. The fourth-order valence-electron chi connectivity index (χ4n) is 9.55. The largest absolute Gasteiger partial charge is 0.390 e. The second-order valence-corrected chi connectivity index (χ2v) is 16.0. The van der Waals surface area contributed by atoms with Crippen LogP contribution in [0.1, 0.15) is 32.1 Å². The number of nitrogens with one attached hydrogen (secondary N) is 1. The highest BCUT2D eigenvalue weighted by Gasteiger charge is 2.55. The molecule has 7 aliphatic rings. The van der Waals surface area contributed by atoms with Gasteiger partial charge in [0.1, 0.15) is 0 Å². The molecule has 0 spiro atoms. The van der Waals surface area contributed by atoms with E-state index in [4.69, 9.17) is 0 Å². The van der Waals surface area contributed by atoms with Crippen LogP contribution in [-0.4, -0.2) is 81.0 Å². The van der Waals surface area contributed by atoms with Gasteiger partial charge in [-0.1, -0.05) is 12.1 Å². The van der Waals surface area contributed by atoms with Gasteiger partial charge in [0.25, 0.3) is 0 Å². The molecule has 4 bridgehead atoms. The fraction of sp³-hybridized carbons (Fsp3) is 0.594. The average molecular weight is 592 g/mol. The second kappa shape index (κ2) is 9.59. The average Bonchev–Trinajstić information content (AvgIpc) is 3.54. The van der Waals surface area contributed by atoms with Crippen LogP contribution in [0.4, 0.5) is 27.5 Å². The summed E-state index contributed by atoms with van der Waals surface area (Å²) in [6, 6.07) is 17.0. The Kier molecular flexibility index (Phi) is 6.12. The number of hydrogen-bond donors (Lipinski definition) is 2. The van der Waals surface area contributed by atoms with Crippen LogP contribution < -0.4 is 20.0 Å². The normalized spacial score (nSPS) is 35.4. The van der Waals surface area contributed by atoms with Gasteiger partial charge >= 0.3 is 6.03 Å². The van der Waals surface area contributed by atoms with Crippen LogP contribution in [0.2, 0.25) is 0 Å². The lowest BCUT2D eigenvalue weighted by molar-refractivity contribution is -0.136. The molecule has 9 nitrogen and oxygen atoms in total. The van der Waals surface area contributed by atoms with Gasteiger partial charge in [0, 0.05) is 56.7 Å². The molecule has 42 heavy (non-hydrogen) atoms. The van der Waals surface area contributed by atoms with Gasteiger partial charge in [-0.3, -0.25) is 4.90 Å². The Morgan fingerprint density at radius 3 is 2.07 bits per heavy atom. The molecule has 4 saturated carbocycles. The Hall–Kier alpha value is -2.82. The standard InChI is InChI=1S/C32H41N5O4S/c1-42(40,41)35-19-24-17-34(18-25(24)20-35)26-6-8-27(9-7-26)36-10-11-37(29-5-3-2-4-28(29)36)31(38)33-30-22-12-21-13-23(30)16-32(39,14-21)15-22/h2-9,21-25,30,39H,10-20H2,1H3,(H,33,38)/t21?,22?,23?,24-,25-,30?,32?/m1/s1. The van der Waals surface area contributed by atoms with Crippen LogP contribution >= 0.6 is 0 Å². The quantitative estimate of drug-likeness (QED) is 0.564. The summed E-state index contributed by atoms with van der Waals surface area (Å²) < 4.78 is 25.6. The van der Waals surface area contributed by atoms with Crippen LogP contribution in [0.25, 0.3) is 0 Å². The van der Waals surface area contributed by atoms with Gasteiger partial charge in [0.15, 0.2) is 0 Å². The zero-order valence-corrected chi connectivity index (χ0v) is 25.0. The molecule has 2 amide bonds. The topological polar surface area (TPSA) is 96.4 Å². The van der Waals surface area contributed by atoms with Gasteiger partial charge in [0.05, 0.1) is 23.2 Å². The summed E-state index contributed by atoms with van der Waals surface area (Å²) in [4.78, 5) is 20.3. The zero-order chi connectivity index (χ0) is 28.8. The number of benzene rings is 2. The van der Waals surface area contributed by atoms with E-state index in [1.54, 1.807) is 4.31 Å². The molecule has 0 radical (unpaired) electrons. The third kappa shape index (κ3) is 4.48.